The smallest absolute Gasteiger partial charge is 0.244 e. The number of hydrogen-bond donors (Lipinski definition) is 2. The summed E-state index contributed by atoms with van der Waals surface area (Å²) in [4.78, 5) is 1.02. The largest absolute Gasteiger partial charge is 0.497 e. The maximum absolute atomic E-state index is 12.6. The molecule has 0 aromatic heterocycles. The van der Waals surface area contributed by atoms with Gasteiger partial charge in [-0.05, 0) is 36.1 Å². The average molecular weight is 383 g/mol. The van der Waals surface area contributed by atoms with E-state index >= 15 is 0 Å². The van der Waals surface area contributed by atoms with Crippen LogP contribution in [0.5, 0.6) is 11.5 Å². The summed E-state index contributed by atoms with van der Waals surface area (Å²) in [6.45, 7) is -0.151. The first-order chi connectivity index (χ1) is 11.9. The van der Waals surface area contributed by atoms with Crippen LogP contribution in [0.4, 0.5) is 0 Å². The topological polar surface area (TPSA) is 84.9 Å². The van der Waals surface area contributed by atoms with Crippen molar-refractivity contribution in [2.45, 2.75) is 15.9 Å². The molecule has 1 unspecified atom stereocenters. The van der Waals surface area contributed by atoms with E-state index in [9.17, 15) is 13.5 Å². The highest BCUT2D eigenvalue weighted by atomic mass is 32.2. The molecular formula is C17H21NO5S2. The summed E-state index contributed by atoms with van der Waals surface area (Å²) in [5, 5.41) is 10.2. The third-order valence-electron chi connectivity index (χ3n) is 3.63. The first-order valence-electron chi connectivity index (χ1n) is 7.45. The Labute approximate surface area is 152 Å². The van der Waals surface area contributed by atoms with Gasteiger partial charge in [-0.1, -0.05) is 12.1 Å². The van der Waals surface area contributed by atoms with Gasteiger partial charge in [-0.25, -0.2) is 13.1 Å². The fourth-order valence-electron chi connectivity index (χ4n) is 2.20. The minimum Gasteiger partial charge on any atom is -0.497 e. The van der Waals surface area contributed by atoms with E-state index in [1.807, 2.05) is 18.4 Å². The molecule has 0 saturated carbocycles. The van der Waals surface area contributed by atoms with Gasteiger partial charge in [-0.15, -0.1) is 11.8 Å². The van der Waals surface area contributed by atoms with Gasteiger partial charge in [-0.2, -0.15) is 0 Å². The molecule has 6 nitrogen and oxygen atoms in total. The number of benzene rings is 2. The van der Waals surface area contributed by atoms with E-state index in [0.29, 0.717) is 11.3 Å². The Morgan fingerprint density at radius 3 is 2.36 bits per heavy atom. The highest BCUT2D eigenvalue weighted by molar-refractivity contribution is 7.98. The second kappa shape index (κ2) is 8.57. The molecule has 2 N–H and O–H groups in total. The first kappa shape index (κ1) is 19.6. The summed E-state index contributed by atoms with van der Waals surface area (Å²) in [7, 11) is -1.03. The molecule has 1 atom stereocenters. The zero-order chi connectivity index (χ0) is 18.4. The molecule has 0 amide bonds. The normalized spacial score (nSPS) is 12.6. The standard InChI is InChI=1S/C17H21NO5S2/c1-22-13-6-9-16(23-2)17(10-13)25(20,21)18-11-15(19)12-4-7-14(24-3)8-5-12/h4-10,15,18-19H,11H2,1-3H3. The van der Waals surface area contributed by atoms with E-state index in [2.05, 4.69) is 4.72 Å². The van der Waals surface area contributed by atoms with Crippen LogP contribution in [-0.2, 0) is 10.0 Å². The summed E-state index contributed by atoms with van der Waals surface area (Å²) >= 11 is 1.59. The van der Waals surface area contributed by atoms with E-state index in [1.54, 1.807) is 30.0 Å². The molecule has 0 radical (unpaired) electrons. The summed E-state index contributed by atoms with van der Waals surface area (Å²) in [5.41, 5.74) is 0.637. The van der Waals surface area contributed by atoms with Crippen LogP contribution in [-0.4, -0.2) is 40.5 Å². The van der Waals surface area contributed by atoms with Gasteiger partial charge in [0.1, 0.15) is 16.4 Å². The summed E-state index contributed by atoms with van der Waals surface area (Å²) < 4.78 is 37.7. The SMILES string of the molecule is COc1ccc(OC)c(S(=O)(=O)NCC(O)c2ccc(SC)cc2)c1. The second-order valence-corrected chi connectivity index (χ2v) is 7.77. The van der Waals surface area contributed by atoms with Crippen LogP contribution >= 0.6 is 11.8 Å². The van der Waals surface area contributed by atoms with Crippen molar-refractivity contribution < 1.29 is 23.0 Å². The lowest BCUT2D eigenvalue weighted by molar-refractivity contribution is 0.182. The molecular weight excluding hydrogens is 362 g/mol. The average Bonchev–Trinajstić information content (AvgIpc) is 2.65. The van der Waals surface area contributed by atoms with Crippen molar-refractivity contribution in [2.75, 3.05) is 27.0 Å². The molecule has 2 aromatic carbocycles. The van der Waals surface area contributed by atoms with Crippen LogP contribution in [0.3, 0.4) is 0 Å². The van der Waals surface area contributed by atoms with Crippen molar-refractivity contribution in [3.05, 3.63) is 48.0 Å². The Bertz CT molecular complexity index is 806. The number of aliphatic hydroxyl groups excluding tert-OH is 1. The molecule has 0 aliphatic carbocycles. The van der Waals surface area contributed by atoms with Gasteiger partial charge in [0, 0.05) is 17.5 Å². The number of aliphatic hydroxyl groups is 1. The quantitative estimate of drug-likeness (QED) is 0.681. The van der Waals surface area contributed by atoms with E-state index in [0.717, 1.165) is 4.90 Å². The van der Waals surface area contributed by atoms with Crippen molar-refractivity contribution >= 4 is 21.8 Å². The predicted octanol–water partition coefficient (Wildman–Crippen LogP) is 2.44. The minimum atomic E-state index is -3.87. The van der Waals surface area contributed by atoms with Gasteiger partial charge in [-0.3, -0.25) is 0 Å². The van der Waals surface area contributed by atoms with Crippen LogP contribution in [0.1, 0.15) is 11.7 Å². The zero-order valence-electron chi connectivity index (χ0n) is 14.2. The molecule has 2 rings (SSSR count). The number of rotatable bonds is 8. The molecule has 0 saturated heterocycles. The Morgan fingerprint density at radius 2 is 1.80 bits per heavy atom. The number of ether oxygens (including phenoxy) is 2. The van der Waals surface area contributed by atoms with Crippen molar-refractivity contribution in [3.63, 3.8) is 0 Å². The predicted molar refractivity (Wildman–Crippen MR) is 97.9 cm³/mol. The number of hydrogen-bond acceptors (Lipinski definition) is 6. The number of nitrogens with one attached hydrogen (secondary N) is 1. The van der Waals surface area contributed by atoms with Crippen molar-refractivity contribution in [1.82, 2.24) is 4.72 Å². The molecule has 2 aromatic rings. The van der Waals surface area contributed by atoms with Gasteiger partial charge < -0.3 is 14.6 Å². The molecule has 25 heavy (non-hydrogen) atoms. The lowest BCUT2D eigenvalue weighted by atomic mass is 10.1. The molecule has 0 aliphatic rings. The van der Waals surface area contributed by atoms with Crippen LogP contribution in [0.25, 0.3) is 0 Å². The van der Waals surface area contributed by atoms with Crippen molar-refractivity contribution in [1.29, 1.82) is 0 Å². The summed E-state index contributed by atoms with van der Waals surface area (Å²) in [6, 6.07) is 11.8. The van der Waals surface area contributed by atoms with Gasteiger partial charge >= 0.3 is 0 Å². The summed E-state index contributed by atoms with van der Waals surface area (Å²) in [5.74, 6) is 0.599. The van der Waals surface area contributed by atoms with Crippen LogP contribution in [0.2, 0.25) is 0 Å². The Hall–Kier alpha value is -1.74. The third-order valence-corrected chi connectivity index (χ3v) is 5.82. The molecule has 0 fully saturated rings. The molecule has 0 spiro atoms. The number of sulfonamides is 1. The minimum absolute atomic E-state index is 0.0423. The van der Waals surface area contributed by atoms with Gasteiger partial charge in [0.15, 0.2) is 0 Å². The molecule has 8 heteroatoms. The van der Waals surface area contributed by atoms with Gasteiger partial charge in [0.05, 0.1) is 20.3 Å². The molecule has 136 valence electrons. The van der Waals surface area contributed by atoms with Crippen molar-refractivity contribution in [3.8, 4) is 11.5 Å². The van der Waals surface area contributed by atoms with E-state index in [1.165, 1.54) is 26.4 Å². The maximum atomic E-state index is 12.6. The van der Waals surface area contributed by atoms with E-state index in [-0.39, 0.29) is 17.2 Å². The Kier molecular flexibility index (Phi) is 6.71. The number of thioether (sulfide) groups is 1. The lowest BCUT2D eigenvalue weighted by Gasteiger charge is -2.15. The molecule has 0 heterocycles. The fourth-order valence-corrected chi connectivity index (χ4v) is 3.83. The van der Waals surface area contributed by atoms with Crippen LogP contribution in [0, 0.1) is 0 Å². The fraction of sp³-hybridized carbons (Fsp3) is 0.294. The van der Waals surface area contributed by atoms with Crippen LogP contribution < -0.4 is 14.2 Å². The van der Waals surface area contributed by atoms with Crippen molar-refractivity contribution in [2.24, 2.45) is 0 Å². The van der Waals surface area contributed by atoms with Crippen LogP contribution in [0.15, 0.2) is 52.3 Å². The Morgan fingerprint density at radius 1 is 1.12 bits per heavy atom. The molecule has 0 bridgehead atoms. The second-order valence-electron chi connectivity index (χ2n) is 5.16. The first-order valence-corrected chi connectivity index (χ1v) is 10.2. The number of methoxy groups -OCH3 is 2. The van der Waals surface area contributed by atoms with E-state index < -0.39 is 16.1 Å². The summed E-state index contributed by atoms with van der Waals surface area (Å²) in [6.07, 6.45) is 1.00. The van der Waals surface area contributed by atoms with Gasteiger partial charge in [0.25, 0.3) is 0 Å². The highest BCUT2D eigenvalue weighted by Crippen LogP contribution is 2.28. The molecule has 0 aliphatic heterocycles. The maximum Gasteiger partial charge on any atom is 0.244 e. The Balaban J connectivity index is 2.15. The third kappa shape index (κ3) is 4.88. The monoisotopic (exact) mass is 383 g/mol. The lowest BCUT2D eigenvalue weighted by Crippen LogP contribution is -2.29. The van der Waals surface area contributed by atoms with E-state index in [4.69, 9.17) is 9.47 Å². The zero-order valence-corrected chi connectivity index (χ0v) is 15.9. The highest BCUT2D eigenvalue weighted by Gasteiger charge is 2.22. The van der Waals surface area contributed by atoms with Gasteiger partial charge in [0.2, 0.25) is 10.0 Å².